The quantitative estimate of drug-likeness (QED) is 0.796. The number of aryl methyl sites for hydroxylation is 1. The van der Waals surface area contributed by atoms with Crippen LogP contribution in [0.3, 0.4) is 0 Å². The molecule has 1 N–H and O–H groups in total. The minimum absolute atomic E-state index is 0.0622. The molecule has 1 aliphatic rings. The molecule has 1 aromatic heterocycles. The van der Waals surface area contributed by atoms with Crippen LogP contribution < -0.4 is 5.56 Å². The molecule has 1 aromatic rings. The van der Waals surface area contributed by atoms with E-state index >= 15 is 0 Å². The second kappa shape index (κ2) is 8.85. The van der Waals surface area contributed by atoms with Crippen LogP contribution in [0.4, 0.5) is 0 Å². The summed E-state index contributed by atoms with van der Waals surface area (Å²) >= 11 is 0. The summed E-state index contributed by atoms with van der Waals surface area (Å²) in [5, 5.41) is 9.10. The average molecular weight is 373 g/mol. The maximum absolute atomic E-state index is 12.4. The second-order valence-corrected chi connectivity index (χ2v) is 7.26. The average Bonchev–Trinajstić information content (AvgIpc) is 2.59. The first kappa shape index (κ1) is 20.7. The van der Waals surface area contributed by atoms with Gasteiger partial charge in [-0.2, -0.15) is 5.26 Å². The van der Waals surface area contributed by atoms with Crippen molar-refractivity contribution in [2.24, 2.45) is 0 Å². The molecule has 0 unspecified atom stereocenters. The number of esters is 1. The summed E-state index contributed by atoms with van der Waals surface area (Å²) in [6.07, 6.45) is 3.46. The van der Waals surface area contributed by atoms with Crippen molar-refractivity contribution in [3.05, 3.63) is 32.7 Å². The molecule has 0 aromatic carbocycles. The second-order valence-electron chi connectivity index (χ2n) is 7.26. The fraction of sp³-hybridized carbons (Fsp3) is 0.600. The molecule has 0 spiro atoms. The van der Waals surface area contributed by atoms with Crippen LogP contribution in [0, 0.1) is 25.2 Å². The fourth-order valence-corrected chi connectivity index (χ4v) is 3.85. The Kier molecular flexibility index (Phi) is 6.78. The number of carbonyl (C=O) groups excluding carboxylic acids is 2. The summed E-state index contributed by atoms with van der Waals surface area (Å²) in [6, 6.07) is 2.22. The molecule has 1 fully saturated rings. The standard InChI is InChI=1S/C20H27N3O4/c1-12-6-5-7-13(2)23(12)18(24)11-27-19(25)9-8-16-14(3)17(10-21)20(26)22-15(16)4/h12-13H,5-9,11H2,1-4H3,(H,22,26)/t12-,13-/m1/s1. The predicted molar refractivity (Wildman–Crippen MR) is 100 cm³/mol. The molecule has 2 atom stereocenters. The highest BCUT2D eigenvalue weighted by molar-refractivity contribution is 5.81. The number of aromatic nitrogens is 1. The van der Waals surface area contributed by atoms with E-state index in [0.29, 0.717) is 17.7 Å². The van der Waals surface area contributed by atoms with Crippen LogP contribution in [0.5, 0.6) is 0 Å². The van der Waals surface area contributed by atoms with Gasteiger partial charge in [0.15, 0.2) is 6.61 Å². The Bertz CT molecular complexity index is 812. The van der Waals surface area contributed by atoms with Gasteiger partial charge < -0.3 is 14.6 Å². The zero-order chi connectivity index (χ0) is 20.1. The van der Waals surface area contributed by atoms with E-state index in [1.54, 1.807) is 13.8 Å². The fourth-order valence-electron chi connectivity index (χ4n) is 3.85. The van der Waals surface area contributed by atoms with Gasteiger partial charge in [-0.25, -0.2) is 0 Å². The summed E-state index contributed by atoms with van der Waals surface area (Å²) in [6.45, 7) is 7.22. The third-order valence-corrected chi connectivity index (χ3v) is 5.34. The van der Waals surface area contributed by atoms with Crippen LogP contribution in [0.25, 0.3) is 0 Å². The summed E-state index contributed by atoms with van der Waals surface area (Å²) in [5.74, 6) is -0.629. The van der Waals surface area contributed by atoms with Crippen molar-refractivity contribution in [2.75, 3.05) is 6.61 Å². The van der Waals surface area contributed by atoms with Gasteiger partial charge in [0, 0.05) is 24.2 Å². The van der Waals surface area contributed by atoms with E-state index in [1.165, 1.54) is 0 Å². The number of rotatable bonds is 5. The van der Waals surface area contributed by atoms with Crippen molar-refractivity contribution >= 4 is 11.9 Å². The van der Waals surface area contributed by atoms with Gasteiger partial charge >= 0.3 is 5.97 Å². The zero-order valence-electron chi connectivity index (χ0n) is 16.4. The minimum atomic E-state index is -0.468. The Morgan fingerprint density at radius 1 is 1.26 bits per heavy atom. The number of amides is 1. The van der Waals surface area contributed by atoms with Gasteiger partial charge in [0.25, 0.3) is 11.5 Å². The van der Waals surface area contributed by atoms with E-state index in [1.807, 2.05) is 24.8 Å². The van der Waals surface area contributed by atoms with Crippen molar-refractivity contribution < 1.29 is 14.3 Å². The number of aromatic amines is 1. The van der Waals surface area contributed by atoms with E-state index in [0.717, 1.165) is 24.8 Å². The van der Waals surface area contributed by atoms with Gasteiger partial charge in [-0.3, -0.25) is 14.4 Å². The molecular formula is C20H27N3O4. The topological polar surface area (TPSA) is 103 Å². The molecule has 1 amide bonds. The number of nitrogens with one attached hydrogen (secondary N) is 1. The van der Waals surface area contributed by atoms with Crippen LogP contribution in [0.15, 0.2) is 4.79 Å². The van der Waals surface area contributed by atoms with E-state index in [9.17, 15) is 14.4 Å². The molecule has 1 saturated heterocycles. The Balaban J connectivity index is 1.93. The van der Waals surface area contributed by atoms with Crippen LogP contribution in [0.2, 0.25) is 0 Å². The van der Waals surface area contributed by atoms with E-state index in [2.05, 4.69) is 4.98 Å². The minimum Gasteiger partial charge on any atom is -0.456 e. The molecule has 146 valence electrons. The Hall–Kier alpha value is -2.62. The number of carbonyl (C=O) groups is 2. The molecule has 7 heteroatoms. The number of H-pyrrole nitrogens is 1. The Morgan fingerprint density at radius 2 is 1.89 bits per heavy atom. The normalized spacial score (nSPS) is 19.4. The van der Waals surface area contributed by atoms with Gasteiger partial charge in [0.1, 0.15) is 11.6 Å². The molecule has 0 radical (unpaired) electrons. The summed E-state index contributed by atoms with van der Waals surface area (Å²) in [4.78, 5) is 40.7. The van der Waals surface area contributed by atoms with Crippen molar-refractivity contribution in [1.29, 1.82) is 5.26 Å². The van der Waals surface area contributed by atoms with Crippen molar-refractivity contribution in [3.8, 4) is 6.07 Å². The Labute approximate surface area is 159 Å². The van der Waals surface area contributed by atoms with Crippen molar-refractivity contribution in [2.45, 2.75) is 71.9 Å². The van der Waals surface area contributed by atoms with Gasteiger partial charge in [-0.05, 0) is 64.5 Å². The molecule has 0 saturated carbocycles. The lowest BCUT2D eigenvalue weighted by Crippen LogP contribution is -2.49. The van der Waals surface area contributed by atoms with Crippen LogP contribution >= 0.6 is 0 Å². The van der Waals surface area contributed by atoms with Crippen LogP contribution in [-0.2, 0) is 20.7 Å². The first-order valence-electron chi connectivity index (χ1n) is 9.35. The molecule has 7 nitrogen and oxygen atoms in total. The Morgan fingerprint density at radius 3 is 2.48 bits per heavy atom. The van der Waals surface area contributed by atoms with Gasteiger partial charge in [0.05, 0.1) is 0 Å². The van der Waals surface area contributed by atoms with E-state index < -0.39 is 11.5 Å². The summed E-state index contributed by atoms with van der Waals surface area (Å²) < 4.78 is 5.17. The molecule has 2 heterocycles. The maximum atomic E-state index is 12.4. The number of nitrogens with zero attached hydrogens (tertiary/aromatic N) is 2. The highest BCUT2D eigenvalue weighted by Crippen LogP contribution is 2.22. The maximum Gasteiger partial charge on any atom is 0.306 e. The van der Waals surface area contributed by atoms with E-state index in [-0.39, 0.29) is 36.6 Å². The number of pyridine rings is 1. The highest BCUT2D eigenvalue weighted by Gasteiger charge is 2.29. The number of ether oxygens (including phenoxy) is 1. The first-order valence-corrected chi connectivity index (χ1v) is 9.35. The summed E-state index contributed by atoms with van der Waals surface area (Å²) in [5.41, 5.74) is 1.61. The lowest BCUT2D eigenvalue weighted by Gasteiger charge is -2.38. The lowest BCUT2D eigenvalue weighted by atomic mass is 9.97. The van der Waals surface area contributed by atoms with E-state index in [4.69, 9.17) is 10.00 Å². The highest BCUT2D eigenvalue weighted by atomic mass is 16.5. The molecule has 0 bridgehead atoms. The van der Waals surface area contributed by atoms with Crippen molar-refractivity contribution in [1.82, 2.24) is 9.88 Å². The molecule has 1 aliphatic heterocycles. The number of piperidine rings is 1. The van der Waals surface area contributed by atoms with Crippen LogP contribution in [-0.4, -0.2) is 40.5 Å². The smallest absolute Gasteiger partial charge is 0.306 e. The molecular weight excluding hydrogens is 346 g/mol. The first-order chi connectivity index (χ1) is 12.8. The molecule has 2 rings (SSSR count). The monoisotopic (exact) mass is 373 g/mol. The van der Waals surface area contributed by atoms with Crippen molar-refractivity contribution in [3.63, 3.8) is 0 Å². The number of nitriles is 1. The number of hydrogen-bond donors (Lipinski definition) is 1. The number of likely N-dealkylation sites (tertiary alicyclic amines) is 1. The molecule has 27 heavy (non-hydrogen) atoms. The van der Waals surface area contributed by atoms with Gasteiger partial charge in [-0.1, -0.05) is 0 Å². The van der Waals surface area contributed by atoms with Crippen LogP contribution in [0.1, 0.15) is 61.9 Å². The largest absolute Gasteiger partial charge is 0.456 e. The summed E-state index contributed by atoms with van der Waals surface area (Å²) in [7, 11) is 0. The number of hydrogen-bond acceptors (Lipinski definition) is 5. The lowest BCUT2D eigenvalue weighted by molar-refractivity contribution is -0.154. The molecule has 0 aliphatic carbocycles. The van der Waals surface area contributed by atoms with Gasteiger partial charge in [-0.15, -0.1) is 0 Å². The van der Waals surface area contributed by atoms with Gasteiger partial charge in [0.2, 0.25) is 0 Å². The predicted octanol–water partition coefficient (Wildman–Crippen LogP) is 2.13. The third-order valence-electron chi connectivity index (χ3n) is 5.34. The zero-order valence-corrected chi connectivity index (χ0v) is 16.4. The SMILES string of the molecule is Cc1[nH]c(=O)c(C#N)c(C)c1CCC(=O)OCC(=O)N1[C@H](C)CCC[C@H]1C. The third kappa shape index (κ3) is 4.76.